The molecule has 1 N–H and O–H groups in total. The fourth-order valence-corrected chi connectivity index (χ4v) is 2.63. The molecule has 0 bridgehead atoms. The Bertz CT molecular complexity index is 674. The van der Waals surface area contributed by atoms with Crippen LogP contribution < -0.4 is 5.32 Å². The number of rotatable bonds is 5. The van der Waals surface area contributed by atoms with Gasteiger partial charge in [-0.2, -0.15) is 15.0 Å². The highest BCUT2D eigenvalue weighted by Crippen LogP contribution is 2.11. The number of nitrogens with zero attached hydrogens (tertiary/aromatic N) is 4. The minimum Gasteiger partial charge on any atom is -0.306 e. The molecule has 102 valence electrons. The molecule has 0 fully saturated rings. The molecule has 6 heteroatoms. The molecule has 0 saturated heterocycles. The molecule has 3 aromatic rings. The maximum absolute atomic E-state index is 4.45. The van der Waals surface area contributed by atoms with E-state index in [4.69, 9.17) is 0 Å². The zero-order valence-electron chi connectivity index (χ0n) is 11.2. The number of hydrogen-bond acceptors (Lipinski definition) is 5. The van der Waals surface area contributed by atoms with E-state index < -0.39 is 0 Å². The lowest BCUT2D eigenvalue weighted by atomic mass is 10.3. The summed E-state index contributed by atoms with van der Waals surface area (Å²) in [5.41, 5.74) is 1.90. The van der Waals surface area contributed by atoms with Gasteiger partial charge in [0.15, 0.2) is 0 Å². The Kier molecular flexibility index (Phi) is 3.85. The monoisotopic (exact) mass is 285 g/mol. The van der Waals surface area contributed by atoms with Gasteiger partial charge in [0.25, 0.3) is 0 Å². The van der Waals surface area contributed by atoms with E-state index in [9.17, 15) is 0 Å². The van der Waals surface area contributed by atoms with Gasteiger partial charge < -0.3 is 5.32 Å². The van der Waals surface area contributed by atoms with Crippen LogP contribution in [0.2, 0.25) is 0 Å². The summed E-state index contributed by atoms with van der Waals surface area (Å²) in [6, 6.07) is 9.90. The Hall–Kier alpha value is -2.05. The lowest BCUT2D eigenvalue weighted by molar-refractivity contribution is 0.667. The molecular formula is C14H15N5S. The second-order valence-electron chi connectivity index (χ2n) is 4.41. The average molecular weight is 285 g/mol. The van der Waals surface area contributed by atoms with E-state index in [0.717, 1.165) is 22.9 Å². The molecule has 0 aliphatic heterocycles. The molecule has 0 atom stereocenters. The molecule has 2 aromatic heterocycles. The van der Waals surface area contributed by atoms with E-state index in [-0.39, 0.29) is 0 Å². The van der Waals surface area contributed by atoms with Gasteiger partial charge in [-0.3, -0.25) is 0 Å². The fourth-order valence-electron chi connectivity index (χ4n) is 1.86. The van der Waals surface area contributed by atoms with E-state index in [0.29, 0.717) is 6.54 Å². The van der Waals surface area contributed by atoms with E-state index in [2.05, 4.69) is 20.5 Å². The van der Waals surface area contributed by atoms with E-state index in [1.807, 2.05) is 43.5 Å². The SMILES string of the molecule is Cc1ncc(CNCc2cnn(-c3ccccc3)n2)s1. The molecule has 0 aliphatic carbocycles. The van der Waals surface area contributed by atoms with Crippen LogP contribution >= 0.6 is 11.3 Å². The molecule has 0 radical (unpaired) electrons. The first-order valence-corrected chi connectivity index (χ1v) is 7.21. The molecule has 3 rings (SSSR count). The van der Waals surface area contributed by atoms with Gasteiger partial charge in [0.05, 0.1) is 22.6 Å². The zero-order valence-corrected chi connectivity index (χ0v) is 12.0. The van der Waals surface area contributed by atoms with E-state index in [1.54, 1.807) is 22.3 Å². The second kappa shape index (κ2) is 5.94. The molecular weight excluding hydrogens is 270 g/mol. The number of aromatic nitrogens is 4. The third kappa shape index (κ3) is 3.09. The summed E-state index contributed by atoms with van der Waals surface area (Å²) in [5.74, 6) is 0. The van der Waals surface area contributed by atoms with Crippen molar-refractivity contribution < 1.29 is 0 Å². The van der Waals surface area contributed by atoms with Gasteiger partial charge in [0, 0.05) is 24.2 Å². The van der Waals surface area contributed by atoms with Gasteiger partial charge in [0.2, 0.25) is 0 Å². The van der Waals surface area contributed by atoms with Crippen LogP contribution in [0.4, 0.5) is 0 Å². The molecule has 0 unspecified atom stereocenters. The van der Waals surface area contributed by atoms with Crippen molar-refractivity contribution in [3.63, 3.8) is 0 Å². The van der Waals surface area contributed by atoms with Gasteiger partial charge in [-0.25, -0.2) is 4.98 Å². The summed E-state index contributed by atoms with van der Waals surface area (Å²) in [4.78, 5) is 7.11. The third-order valence-corrected chi connectivity index (χ3v) is 3.71. The van der Waals surface area contributed by atoms with Crippen LogP contribution in [-0.2, 0) is 13.1 Å². The first-order valence-electron chi connectivity index (χ1n) is 6.40. The average Bonchev–Trinajstić information content (AvgIpc) is 3.09. The van der Waals surface area contributed by atoms with Crippen LogP contribution in [-0.4, -0.2) is 20.0 Å². The number of aryl methyl sites for hydroxylation is 1. The number of nitrogens with one attached hydrogen (secondary N) is 1. The minimum atomic E-state index is 0.698. The summed E-state index contributed by atoms with van der Waals surface area (Å²) in [5, 5.41) is 13.2. The predicted molar refractivity (Wildman–Crippen MR) is 78.8 cm³/mol. The molecule has 0 amide bonds. The second-order valence-corrected chi connectivity index (χ2v) is 5.73. The van der Waals surface area contributed by atoms with Crippen molar-refractivity contribution in [3.8, 4) is 5.69 Å². The van der Waals surface area contributed by atoms with Crippen LogP contribution in [0.5, 0.6) is 0 Å². The maximum atomic E-state index is 4.45. The van der Waals surface area contributed by atoms with Crippen molar-refractivity contribution in [1.82, 2.24) is 25.3 Å². The normalized spacial score (nSPS) is 10.8. The van der Waals surface area contributed by atoms with Gasteiger partial charge in [-0.15, -0.1) is 11.3 Å². The lowest BCUT2D eigenvalue weighted by Crippen LogP contribution is -2.12. The maximum Gasteiger partial charge on any atom is 0.0969 e. The van der Waals surface area contributed by atoms with Crippen LogP contribution in [0, 0.1) is 6.92 Å². The van der Waals surface area contributed by atoms with Crippen LogP contribution in [0.15, 0.2) is 42.7 Å². The van der Waals surface area contributed by atoms with E-state index in [1.165, 1.54) is 4.88 Å². The number of hydrogen-bond donors (Lipinski definition) is 1. The number of thiazole rings is 1. The van der Waals surface area contributed by atoms with Crippen LogP contribution in [0.25, 0.3) is 5.69 Å². The summed E-state index contributed by atoms with van der Waals surface area (Å²) >= 11 is 1.71. The van der Waals surface area contributed by atoms with Crippen molar-refractivity contribution in [2.75, 3.05) is 0 Å². The summed E-state index contributed by atoms with van der Waals surface area (Å²) in [6.07, 6.45) is 3.70. The molecule has 5 nitrogen and oxygen atoms in total. The summed E-state index contributed by atoms with van der Waals surface area (Å²) < 4.78 is 0. The van der Waals surface area contributed by atoms with Crippen LogP contribution in [0.3, 0.4) is 0 Å². The Morgan fingerprint density at radius 2 is 2.00 bits per heavy atom. The molecule has 0 spiro atoms. The fraction of sp³-hybridized carbons (Fsp3) is 0.214. The Labute approximate surface area is 121 Å². The number of benzene rings is 1. The first kappa shape index (κ1) is 13.0. The molecule has 20 heavy (non-hydrogen) atoms. The van der Waals surface area contributed by atoms with Crippen molar-refractivity contribution in [1.29, 1.82) is 0 Å². The Morgan fingerprint density at radius 3 is 2.75 bits per heavy atom. The van der Waals surface area contributed by atoms with Crippen LogP contribution in [0.1, 0.15) is 15.6 Å². The van der Waals surface area contributed by atoms with Crippen molar-refractivity contribution >= 4 is 11.3 Å². The highest BCUT2D eigenvalue weighted by molar-refractivity contribution is 7.11. The molecule has 1 aromatic carbocycles. The van der Waals surface area contributed by atoms with Gasteiger partial charge in [-0.05, 0) is 19.1 Å². The molecule has 0 saturated carbocycles. The quantitative estimate of drug-likeness (QED) is 0.781. The highest BCUT2D eigenvalue weighted by Gasteiger charge is 2.03. The van der Waals surface area contributed by atoms with Gasteiger partial charge in [0.1, 0.15) is 0 Å². The standard InChI is InChI=1S/C14H15N5S/c1-11-16-10-14(20-11)9-15-7-12-8-17-19(18-12)13-5-3-2-4-6-13/h2-6,8,10,15H,7,9H2,1H3. The first-order chi connectivity index (χ1) is 9.81. The van der Waals surface area contributed by atoms with E-state index >= 15 is 0 Å². The topological polar surface area (TPSA) is 55.6 Å². The minimum absolute atomic E-state index is 0.698. The smallest absolute Gasteiger partial charge is 0.0969 e. The predicted octanol–water partition coefficient (Wildman–Crippen LogP) is 2.32. The molecule has 0 aliphatic rings. The summed E-state index contributed by atoms with van der Waals surface area (Å²) in [6.45, 7) is 3.52. The number of para-hydroxylation sites is 1. The Morgan fingerprint density at radius 1 is 1.15 bits per heavy atom. The van der Waals surface area contributed by atoms with Gasteiger partial charge >= 0.3 is 0 Å². The highest BCUT2D eigenvalue weighted by atomic mass is 32.1. The van der Waals surface area contributed by atoms with Crippen molar-refractivity contribution in [2.45, 2.75) is 20.0 Å². The van der Waals surface area contributed by atoms with Crippen molar-refractivity contribution in [2.24, 2.45) is 0 Å². The summed E-state index contributed by atoms with van der Waals surface area (Å²) in [7, 11) is 0. The Balaban J connectivity index is 1.58. The van der Waals surface area contributed by atoms with Crippen molar-refractivity contribution in [3.05, 3.63) is 58.3 Å². The van der Waals surface area contributed by atoms with Gasteiger partial charge in [-0.1, -0.05) is 18.2 Å². The zero-order chi connectivity index (χ0) is 13.8. The largest absolute Gasteiger partial charge is 0.306 e. The lowest BCUT2D eigenvalue weighted by Gasteiger charge is -1.99. The third-order valence-electron chi connectivity index (χ3n) is 2.80. The molecule has 2 heterocycles.